The van der Waals surface area contributed by atoms with E-state index >= 15 is 0 Å². The van der Waals surface area contributed by atoms with Gasteiger partial charge in [0.1, 0.15) is 11.7 Å². The topological polar surface area (TPSA) is 63.6 Å². The molecule has 1 unspecified atom stereocenters. The summed E-state index contributed by atoms with van der Waals surface area (Å²) in [6.07, 6.45) is -3.21. The zero-order valence-electron chi connectivity index (χ0n) is 16.4. The molecule has 2 rings (SSSR count). The number of aryl methyl sites for hydroxylation is 2. The minimum atomic E-state index is -4.45. The van der Waals surface area contributed by atoms with Gasteiger partial charge < -0.3 is 9.84 Å². The normalized spacial score (nSPS) is 12.8. The number of aliphatic carboxylic acids is 1. The third-order valence-corrected chi connectivity index (χ3v) is 4.55. The average molecular weight is 406 g/mol. The van der Waals surface area contributed by atoms with Crippen LogP contribution in [0.3, 0.4) is 0 Å². The molecule has 1 N–H and O–H groups in total. The molecule has 7 heteroatoms. The molecule has 2 aromatic carbocycles. The molecule has 0 saturated heterocycles. The number of halogens is 3. The smallest absolute Gasteiger partial charge is 0.416 e. The second-order valence-electron chi connectivity index (χ2n) is 7.28. The Morgan fingerprint density at radius 3 is 2.00 bits per heavy atom. The maximum Gasteiger partial charge on any atom is 0.416 e. The lowest BCUT2D eigenvalue weighted by atomic mass is 9.88. The zero-order valence-corrected chi connectivity index (χ0v) is 16.4. The predicted octanol–water partition coefficient (Wildman–Crippen LogP) is 5.08. The summed E-state index contributed by atoms with van der Waals surface area (Å²) >= 11 is 0. The summed E-state index contributed by atoms with van der Waals surface area (Å²) in [4.78, 5) is 22.4. The number of carboxylic acid groups (broad SMARTS) is 1. The average Bonchev–Trinajstić information content (AvgIpc) is 2.62. The molecule has 0 aliphatic heterocycles. The maximum absolute atomic E-state index is 12.8. The van der Waals surface area contributed by atoms with Gasteiger partial charge in [-0.3, -0.25) is 0 Å². The fraction of sp³-hybridized carbons (Fsp3) is 0.318. The highest BCUT2D eigenvalue weighted by molar-refractivity contribution is 5.77. The van der Waals surface area contributed by atoms with Gasteiger partial charge in [0, 0.05) is 12.0 Å². The summed E-state index contributed by atoms with van der Waals surface area (Å²) in [5, 5.41) is 9.27. The monoisotopic (exact) mass is 406 g/mol. The van der Waals surface area contributed by atoms with Gasteiger partial charge in [0.05, 0.1) is 5.56 Å². The van der Waals surface area contributed by atoms with Crippen LogP contribution >= 0.6 is 0 Å². The van der Waals surface area contributed by atoms with Crippen molar-refractivity contribution in [3.8, 4) is 5.75 Å². The fourth-order valence-corrected chi connectivity index (χ4v) is 2.96. The van der Waals surface area contributed by atoms with Crippen LogP contribution in [0.4, 0.5) is 13.2 Å². The zero-order chi connectivity index (χ0) is 22.0. The molecule has 0 radical (unpaired) electrons. The number of carbonyl (C=O) groups is 1. The Morgan fingerprint density at radius 2 is 1.59 bits per heavy atom. The first kappa shape index (κ1) is 22.2. The number of allylic oxidation sites excluding steroid dienone is 1. The highest BCUT2D eigenvalue weighted by Crippen LogP contribution is 2.35. The summed E-state index contributed by atoms with van der Waals surface area (Å²) in [6.45, 7) is 6.33. The van der Waals surface area contributed by atoms with E-state index in [4.69, 9.17) is 4.74 Å². The SMILES string of the molecule is Cc1cc(C(C=C=O)c2ccc(C(F)(F)F)cc2)cc(C)c1OC(C)(C)C(=O)O. The van der Waals surface area contributed by atoms with Gasteiger partial charge in [-0.1, -0.05) is 24.3 Å². The Kier molecular flexibility index (Phi) is 6.24. The molecule has 0 spiro atoms. The quantitative estimate of drug-likeness (QED) is 0.680. The van der Waals surface area contributed by atoms with Crippen molar-refractivity contribution in [2.45, 2.75) is 45.4 Å². The van der Waals surface area contributed by atoms with Crippen LogP contribution in [0, 0.1) is 13.8 Å². The van der Waals surface area contributed by atoms with Gasteiger partial charge in [-0.2, -0.15) is 13.2 Å². The van der Waals surface area contributed by atoms with Crippen molar-refractivity contribution < 1.29 is 32.6 Å². The maximum atomic E-state index is 12.8. The van der Waals surface area contributed by atoms with Crippen LogP contribution in [0.2, 0.25) is 0 Å². The van der Waals surface area contributed by atoms with Gasteiger partial charge in [-0.15, -0.1) is 0 Å². The molecule has 0 bridgehead atoms. The van der Waals surface area contributed by atoms with Crippen LogP contribution in [0.1, 0.15) is 47.6 Å². The standard InChI is InChI=1S/C22H21F3O4/c1-13-11-16(12-14(2)19(13)29-21(3,4)20(27)28)18(9-10-26)15-5-7-17(8-6-15)22(23,24)25/h5-9,11-12,18H,1-4H3,(H,27,28). The molecule has 4 nitrogen and oxygen atoms in total. The molecule has 0 aliphatic carbocycles. The largest absolute Gasteiger partial charge is 0.478 e. The van der Waals surface area contributed by atoms with Gasteiger partial charge >= 0.3 is 12.1 Å². The number of carboxylic acids is 1. The first-order valence-electron chi connectivity index (χ1n) is 8.78. The van der Waals surface area contributed by atoms with Gasteiger partial charge in [-0.25, -0.2) is 9.59 Å². The first-order valence-corrected chi connectivity index (χ1v) is 8.78. The van der Waals surface area contributed by atoms with Gasteiger partial charge in [0.2, 0.25) is 0 Å². The van der Waals surface area contributed by atoms with E-state index in [-0.39, 0.29) is 0 Å². The molecule has 29 heavy (non-hydrogen) atoms. The Bertz CT molecular complexity index is 930. The molecule has 0 amide bonds. The predicted molar refractivity (Wildman–Crippen MR) is 102 cm³/mol. The minimum Gasteiger partial charge on any atom is -0.478 e. The molecular weight excluding hydrogens is 385 g/mol. The molecular formula is C22H21F3O4. The lowest BCUT2D eigenvalue weighted by Gasteiger charge is -2.25. The second-order valence-corrected chi connectivity index (χ2v) is 7.28. The second kappa shape index (κ2) is 8.13. The van der Waals surface area contributed by atoms with Gasteiger partial charge in [0.25, 0.3) is 0 Å². The van der Waals surface area contributed by atoms with Crippen molar-refractivity contribution >= 4 is 11.9 Å². The Morgan fingerprint density at radius 1 is 1.07 bits per heavy atom. The number of hydrogen-bond donors (Lipinski definition) is 1. The minimum absolute atomic E-state index is 0.405. The molecule has 0 aliphatic rings. The van der Waals surface area contributed by atoms with E-state index in [1.54, 1.807) is 31.9 Å². The van der Waals surface area contributed by atoms with Gasteiger partial charge in [0.15, 0.2) is 5.60 Å². The van der Waals surface area contributed by atoms with Crippen molar-refractivity contribution in [3.05, 3.63) is 70.3 Å². The highest BCUT2D eigenvalue weighted by Gasteiger charge is 2.32. The third-order valence-electron chi connectivity index (χ3n) is 4.55. The van der Waals surface area contributed by atoms with Crippen molar-refractivity contribution in [1.82, 2.24) is 0 Å². The number of ether oxygens (including phenoxy) is 1. The van der Waals surface area contributed by atoms with E-state index in [1.807, 2.05) is 0 Å². The molecule has 154 valence electrons. The summed E-state index contributed by atoms with van der Waals surface area (Å²) in [6, 6.07) is 8.02. The highest BCUT2D eigenvalue weighted by atomic mass is 19.4. The summed E-state index contributed by atoms with van der Waals surface area (Å²) in [5.41, 5.74) is 0.230. The van der Waals surface area contributed by atoms with Crippen LogP contribution in [0.5, 0.6) is 5.75 Å². The van der Waals surface area contributed by atoms with E-state index in [1.165, 1.54) is 32.1 Å². The summed E-state index contributed by atoms with van der Waals surface area (Å²) in [7, 11) is 0. The van der Waals surface area contributed by atoms with Crippen LogP contribution in [0.25, 0.3) is 0 Å². The summed E-state index contributed by atoms with van der Waals surface area (Å²) < 4.78 is 44.1. The van der Waals surface area contributed by atoms with E-state index in [0.29, 0.717) is 28.0 Å². The van der Waals surface area contributed by atoms with Gasteiger partial charge in [-0.05, 0) is 62.1 Å². The number of hydrogen-bond acceptors (Lipinski definition) is 3. The molecule has 2 aromatic rings. The first-order chi connectivity index (χ1) is 13.4. The van der Waals surface area contributed by atoms with E-state index in [0.717, 1.165) is 12.1 Å². The van der Waals surface area contributed by atoms with Crippen LogP contribution in [-0.4, -0.2) is 22.6 Å². The fourth-order valence-electron chi connectivity index (χ4n) is 2.96. The number of rotatable bonds is 6. The van der Waals surface area contributed by atoms with E-state index < -0.39 is 29.2 Å². The number of carbonyl (C=O) groups excluding carboxylic acids is 1. The number of benzene rings is 2. The van der Waals surface area contributed by atoms with Crippen molar-refractivity contribution in [1.29, 1.82) is 0 Å². The molecule has 0 fully saturated rings. The van der Waals surface area contributed by atoms with Crippen molar-refractivity contribution in [2.75, 3.05) is 0 Å². The molecule has 1 atom stereocenters. The Hall–Kier alpha value is -3.05. The summed E-state index contributed by atoms with van der Waals surface area (Å²) in [5.74, 6) is 0.393. The van der Waals surface area contributed by atoms with Crippen LogP contribution in [0.15, 0.2) is 42.5 Å². The number of alkyl halides is 3. The van der Waals surface area contributed by atoms with Crippen molar-refractivity contribution in [3.63, 3.8) is 0 Å². The molecule has 0 aromatic heterocycles. The lowest BCUT2D eigenvalue weighted by molar-refractivity contribution is -0.152. The lowest BCUT2D eigenvalue weighted by Crippen LogP contribution is -2.38. The Labute approximate surface area is 166 Å². The third kappa shape index (κ3) is 5.06. The van der Waals surface area contributed by atoms with E-state index in [9.17, 15) is 27.9 Å². The van der Waals surface area contributed by atoms with E-state index in [2.05, 4.69) is 0 Å². The van der Waals surface area contributed by atoms with Crippen LogP contribution in [-0.2, 0) is 15.8 Å². The molecule has 0 saturated carbocycles. The molecule has 0 heterocycles. The van der Waals surface area contributed by atoms with Crippen LogP contribution < -0.4 is 4.74 Å². The Balaban J connectivity index is 2.47. The van der Waals surface area contributed by atoms with Crippen molar-refractivity contribution in [2.24, 2.45) is 0 Å².